The Morgan fingerprint density at radius 2 is 0.889 bits per heavy atom. The SMILES string of the molecule is CC1(C)c2ccccc2-c2cc(N(c3ccc4c(c3)C(c3ccccc3)(c3ccccc3)c3ccccc3-4)c3ccc4c(c3)sc3ccccc34)ccc21. The van der Waals surface area contributed by atoms with Gasteiger partial charge in [0.25, 0.3) is 0 Å². The lowest BCUT2D eigenvalue weighted by atomic mass is 9.67. The van der Waals surface area contributed by atoms with E-state index in [1.165, 1.54) is 75.8 Å². The van der Waals surface area contributed by atoms with Gasteiger partial charge in [0.1, 0.15) is 0 Å². The molecule has 0 amide bonds. The van der Waals surface area contributed by atoms with E-state index in [-0.39, 0.29) is 5.41 Å². The second-order valence-electron chi connectivity index (χ2n) is 15.3. The van der Waals surface area contributed by atoms with E-state index in [4.69, 9.17) is 0 Å². The molecule has 1 heterocycles. The van der Waals surface area contributed by atoms with Gasteiger partial charge in [-0.3, -0.25) is 0 Å². The number of thiophene rings is 1. The van der Waals surface area contributed by atoms with Gasteiger partial charge in [0.05, 0.1) is 5.41 Å². The predicted octanol–water partition coefficient (Wildman–Crippen LogP) is 14.2. The summed E-state index contributed by atoms with van der Waals surface area (Å²) in [7, 11) is 0. The monoisotopic (exact) mass is 707 g/mol. The Hall–Kier alpha value is -6.22. The topological polar surface area (TPSA) is 3.24 Å². The molecule has 0 saturated heterocycles. The normalized spacial score (nSPS) is 14.4. The van der Waals surface area contributed by atoms with E-state index in [9.17, 15) is 0 Å². The van der Waals surface area contributed by atoms with Crippen molar-refractivity contribution >= 4 is 48.6 Å². The quantitative estimate of drug-likeness (QED) is 0.172. The zero-order valence-corrected chi connectivity index (χ0v) is 31.1. The largest absolute Gasteiger partial charge is 0.310 e. The van der Waals surface area contributed by atoms with Crippen LogP contribution in [-0.2, 0) is 10.8 Å². The van der Waals surface area contributed by atoms with Crippen LogP contribution in [0.2, 0.25) is 0 Å². The van der Waals surface area contributed by atoms with Crippen molar-refractivity contribution in [3.63, 3.8) is 0 Å². The molecular weight excluding hydrogens is 671 g/mol. The molecule has 0 aliphatic heterocycles. The van der Waals surface area contributed by atoms with E-state index in [2.05, 4.69) is 207 Å². The Balaban J connectivity index is 1.19. The van der Waals surface area contributed by atoms with E-state index in [1.54, 1.807) is 0 Å². The van der Waals surface area contributed by atoms with Crippen LogP contribution in [0, 0.1) is 0 Å². The Morgan fingerprint density at radius 1 is 0.370 bits per heavy atom. The van der Waals surface area contributed by atoms with Gasteiger partial charge in [-0.05, 0) is 98.1 Å². The van der Waals surface area contributed by atoms with Gasteiger partial charge in [-0.2, -0.15) is 0 Å². The Morgan fingerprint density at radius 3 is 1.65 bits per heavy atom. The zero-order chi connectivity index (χ0) is 36.0. The van der Waals surface area contributed by atoms with Crippen LogP contribution in [-0.4, -0.2) is 0 Å². The standard InChI is InChI=1S/C52H37NS/c1-51(2)45-22-12-9-20-40(45)44-31-36(27-30-46(44)51)53(38-26-29-43-42-21-11-14-24-49(42)54-50(43)33-38)37-25-28-41-39-19-10-13-23-47(39)52(48(41)32-37,34-15-5-3-6-16-34)35-17-7-4-8-18-35/h3-33H,1-2H3. The van der Waals surface area contributed by atoms with Gasteiger partial charge in [-0.15, -0.1) is 11.3 Å². The second kappa shape index (κ2) is 11.6. The van der Waals surface area contributed by atoms with Crippen molar-refractivity contribution in [2.24, 2.45) is 0 Å². The lowest BCUT2D eigenvalue weighted by Gasteiger charge is -2.35. The highest BCUT2D eigenvalue weighted by Gasteiger charge is 2.46. The molecule has 0 radical (unpaired) electrons. The van der Waals surface area contributed by atoms with E-state index < -0.39 is 5.41 Å². The first kappa shape index (κ1) is 31.3. The summed E-state index contributed by atoms with van der Waals surface area (Å²) < 4.78 is 2.61. The number of rotatable bonds is 5. The van der Waals surface area contributed by atoms with Gasteiger partial charge >= 0.3 is 0 Å². The molecule has 8 aromatic carbocycles. The molecule has 54 heavy (non-hydrogen) atoms. The van der Waals surface area contributed by atoms with Crippen molar-refractivity contribution in [1.29, 1.82) is 0 Å². The van der Waals surface area contributed by atoms with E-state index in [0.717, 1.165) is 17.1 Å². The first-order valence-corrected chi connectivity index (χ1v) is 19.7. The smallest absolute Gasteiger partial charge is 0.0714 e. The van der Waals surface area contributed by atoms with Gasteiger partial charge in [0.2, 0.25) is 0 Å². The molecule has 0 fully saturated rings. The van der Waals surface area contributed by atoms with E-state index >= 15 is 0 Å². The minimum absolute atomic E-state index is 0.0599. The van der Waals surface area contributed by atoms with Gasteiger partial charge in [-0.1, -0.05) is 159 Å². The van der Waals surface area contributed by atoms with Gasteiger partial charge in [0.15, 0.2) is 0 Å². The summed E-state index contributed by atoms with van der Waals surface area (Å²) in [6.07, 6.45) is 0. The summed E-state index contributed by atoms with van der Waals surface area (Å²) >= 11 is 1.87. The molecule has 256 valence electrons. The van der Waals surface area contributed by atoms with Crippen LogP contribution in [0.5, 0.6) is 0 Å². The number of anilines is 3. The van der Waals surface area contributed by atoms with Crippen LogP contribution >= 0.6 is 11.3 Å². The van der Waals surface area contributed by atoms with Crippen molar-refractivity contribution < 1.29 is 0 Å². The zero-order valence-electron chi connectivity index (χ0n) is 30.3. The third-order valence-electron chi connectivity index (χ3n) is 12.1. The number of hydrogen-bond acceptors (Lipinski definition) is 2. The molecule has 0 spiro atoms. The fraction of sp³-hybridized carbons (Fsp3) is 0.0769. The fourth-order valence-electron chi connectivity index (χ4n) is 9.72. The summed E-state index contributed by atoms with van der Waals surface area (Å²) in [5.41, 5.74) is 16.1. The summed E-state index contributed by atoms with van der Waals surface area (Å²) in [6.45, 7) is 4.71. The van der Waals surface area contributed by atoms with Crippen molar-refractivity contribution in [2.75, 3.05) is 4.90 Å². The second-order valence-corrected chi connectivity index (χ2v) is 16.4. The molecule has 0 bridgehead atoms. The minimum atomic E-state index is -0.480. The molecule has 2 aliphatic rings. The summed E-state index contributed by atoms with van der Waals surface area (Å²) in [4.78, 5) is 2.49. The van der Waals surface area contributed by atoms with E-state index in [0.29, 0.717) is 0 Å². The van der Waals surface area contributed by atoms with Gasteiger partial charge in [0, 0.05) is 42.6 Å². The van der Waals surface area contributed by atoms with E-state index in [1.807, 2.05) is 11.3 Å². The van der Waals surface area contributed by atoms with Crippen molar-refractivity contribution in [1.82, 2.24) is 0 Å². The molecular formula is C52H37NS. The molecule has 1 nitrogen and oxygen atoms in total. The Bertz CT molecular complexity index is 2880. The van der Waals surface area contributed by atoms with Crippen LogP contribution < -0.4 is 4.90 Å². The van der Waals surface area contributed by atoms with Crippen molar-refractivity contribution in [3.05, 3.63) is 221 Å². The lowest BCUT2D eigenvalue weighted by Crippen LogP contribution is -2.28. The van der Waals surface area contributed by atoms with Crippen molar-refractivity contribution in [3.8, 4) is 22.3 Å². The van der Waals surface area contributed by atoms with Gasteiger partial charge in [-0.25, -0.2) is 0 Å². The maximum Gasteiger partial charge on any atom is 0.0714 e. The van der Waals surface area contributed by atoms with Crippen molar-refractivity contribution in [2.45, 2.75) is 24.7 Å². The maximum atomic E-state index is 2.49. The minimum Gasteiger partial charge on any atom is -0.310 e. The lowest BCUT2D eigenvalue weighted by molar-refractivity contribution is 0.660. The molecule has 1 aromatic heterocycles. The van der Waals surface area contributed by atoms with Crippen LogP contribution in [0.1, 0.15) is 47.2 Å². The Labute approximate surface area is 320 Å². The predicted molar refractivity (Wildman–Crippen MR) is 229 cm³/mol. The number of hydrogen-bond donors (Lipinski definition) is 0. The first-order chi connectivity index (χ1) is 26.5. The molecule has 0 atom stereocenters. The molecule has 0 N–H and O–H groups in total. The summed E-state index contributed by atoms with van der Waals surface area (Å²) in [5, 5.41) is 2.62. The molecule has 11 rings (SSSR count). The number of nitrogens with zero attached hydrogens (tertiary/aromatic N) is 1. The van der Waals surface area contributed by atoms with Crippen LogP contribution in [0.4, 0.5) is 17.1 Å². The molecule has 0 saturated carbocycles. The summed E-state index contributed by atoms with van der Waals surface area (Å²) in [6, 6.07) is 70.3. The highest BCUT2D eigenvalue weighted by Crippen LogP contribution is 2.58. The number of benzene rings is 8. The Kier molecular flexibility index (Phi) is 6.75. The van der Waals surface area contributed by atoms with Gasteiger partial charge < -0.3 is 4.90 Å². The highest BCUT2D eigenvalue weighted by atomic mass is 32.1. The highest BCUT2D eigenvalue weighted by molar-refractivity contribution is 7.25. The summed E-state index contributed by atoms with van der Waals surface area (Å²) in [5.74, 6) is 0. The van der Waals surface area contributed by atoms with Crippen LogP contribution in [0.15, 0.2) is 188 Å². The fourth-order valence-corrected chi connectivity index (χ4v) is 10.9. The average molecular weight is 708 g/mol. The first-order valence-electron chi connectivity index (χ1n) is 18.8. The third kappa shape index (κ3) is 4.32. The average Bonchev–Trinajstić information content (AvgIpc) is 3.82. The number of fused-ring (bicyclic) bond motifs is 9. The maximum absolute atomic E-state index is 2.49. The third-order valence-corrected chi connectivity index (χ3v) is 13.3. The van der Waals surface area contributed by atoms with Crippen LogP contribution in [0.25, 0.3) is 42.4 Å². The van der Waals surface area contributed by atoms with Crippen LogP contribution in [0.3, 0.4) is 0 Å². The molecule has 9 aromatic rings. The molecule has 2 aliphatic carbocycles. The molecule has 2 heteroatoms. The molecule has 0 unspecified atom stereocenters.